The Morgan fingerprint density at radius 2 is 2.12 bits per heavy atom. The topological polar surface area (TPSA) is 73.8 Å². The molecule has 0 radical (unpaired) electrons. The summed E-state index contributed by atoms with van der Waals surface area (Å²) in [4.78, 5) is 11.2. The van der Waals surface area contributed by atoms with Gasteiger partial charge in [0.05, 0.1) is 10.6 Å². The lowest BCUT2D eigenvalue weighted by molar-refractivity contribution is -0.387. The van der Waals surface area contributed by atoms with Gasteiger partial charge in [0.25, 0.3) is 0 Å². The molecule has 0 aliphatic rings. The highest BCUT2D eigenvalue weighted by atomic mass is 19.1. The van der Waals surface area contributed by atoms with Gasteiger partial charge in [-0.3, -0.25) is 10.1 Å². The fourth-order valence-corrected chi connectivity index (χ4v) is 1.60. The Hall–Kier alpha value is -2.31. The molecular weight excluding hydrogens is 227 g/mol. The Labute approximate surface area is 95.8 Å². The number of halogens is 1. The van der Waals surface area contributed by atoms with Crippen LogP contribution < -0.4 is 0 Å². The molecule has 7 heteroatoms. The second-order valence-corrected chi connectivity index (χ2v) is 3.52. The summed E-state index contributed by atoms with van der Waals surface area (Å²) >= 11 is 0. The fourth-order valence-electron chi connectivity index (χ4n) is 1.60. The normalized spacial score (nSPS) is 10.5. The number of nitro benzene ring substituents is 1. The van der Waals surface area contributed by atoms with Crippen LogP contribution >= 0.6 is 0 Å². The van der Waals surface area contributed by atoms with Crippen molar-refractivity contribution in [3.8, 4) is 11.3 Å². The Kier molecular flexibility index (Phi) is 2.58. The zero-order valence-electron chi connectivity index (χ0n) is 9.22. The molecule has 0 fully saturated rings. The molecular formula is C10H9FN4O2. The van der Waals surface area contributed by atoms with E-state index in [0.717, 1.165) is 6.07 Å². The third-order valence-electron chi connectivity index (χ3n) is 2.31. The van der Waals surface area contributed by atoms with Crippen LogP contribution in [0.5, 0.6) is 0 Å². The number of hydrogen-bond donors (Lipinski definition) is 0. The molecule has 0 amide bonds. The lowest BCUT2D eigenvalue weighted by Gasteiger charge is -2.00. The van der Waals surface area contributed by atoms with Crippen molar-refractivity contribution in [3.05, 3.63) is 39.8 Å². The second kappa shape index (κ2) is 3.93. The summed E-state index contributed by atoms with van der Waals surface area (Å²) in [7, 11) is 1.60. The molecule has 1 aromatic heterocycles. The Balaban J connectivity index is 2.64. The van der Waals surface area contributed by atoms with E-state index in [0.29, 0.717) is 11.4 Å². The molecule has 1 heterocycles. The van der Waals surface area contributed by atoms with Crippen LogP contribution in [0.2, 0.25) is 0 Å². The van der Waals surface area contributed by atoms with Gasteiger partial charge in [0.15, 0.2) is 0 Å². The summed E-state index contributed by atoms with van der Waals surface area (Å²) in [6.07, 6.45) is 0. The molecule has 0 atom stereocenters. The highest BCUT2D eigenvalue weighted by Gasteiger charge is 2.21. The van der Waals surface area contributed by atoms with Crippen molar-refractivity contribution < 1.29 is 9.31 Å². The van der Waals surface area contributed by atoms with Gasteiger partial charge in [0.2, 0.25) is 5.82 Å². The molecule has 1 aromatic carbocycles. The average molecular weight is 236 g/mol. The molecule has 2 rings (SSSR count). The molecule has 0 saturated heterocycles. The van der Waals surface area contributed by atoms with Gasteiger partial charge < -0.3 is 0 Å². The average Bonchev–Trinajstić information content (AvgIpc) is 2.57. The summed E-state index contributed by atoms with van der Waals surface area (Å²) < 4.78 is 13.9. The van der Waals surface area contributed by atoms with Crippen LogP contribution in [0.3, 0.4) is 0 Å². The third kappa shape index (κ3) is 1.86. The first-order chi connectivity index (χ1) is 8.00. The van der Waals surface area contributed by atoms with Gasteiger partial charge in [-0.15, -0.1) is 0 Å². The van der Waals surface area contributed by atoms with Gasteiger partial charge >= 0.3 is 5.69 Å². The standard InChI is InChI=1S/C10H9FN4O2/c1-6-10(13-14(2)12-6)7-4-3-5-8(9(7)11)15(16)17/h3-5H,1-2H3. The first-order valence-corrected chi connectivity index (χ1v) is 4.82. The van der Waals surface area contributed by atoms with E-state index in [2.05, 4.69) is 10.2 Å². The largest absolute Gasteiger partial charge is 0.305 e. The van der Waals surface area contributed by atoms with E-state index >= 15 is 0 Å². The molecule has 0 bridgehead atoms. The van der Waals surface area contributed by atoms with E-state index in [9.17, 15) is 14.5 Å². The number of rotatable bonds is 2. The third-order valence-corrected chi connectivity index (χ3v) is 2.31. The van der Waals surface area contributed by atoms with E-state index in [1.807, 2.05) is 0 Å². The number of nitro groups is 1. The molecule has 17 heavy (non-hydrogen) atoms. The molecule has 0 aliphatic heterocycles. The lowest BCUT2D eigenvalue weighted by atomic mass is 10.1. The van der Waals surface area contributed by atoms with E-state index in [1.54, 1.807) is 14.0 Å². The van der Waals surface area contributed by atoms with Crippen molar-refractivity contribution in [3.63, 3.8) is 0 Å². The number of hydrogen-bond acceptors (Lipinski definition) is 4. The Morgan fingerprint density at radius 3 is 2.65 bits per heavy atom. The van der Waals surface area contributed by atoms with Gasteiger partial charge in [-0.1, -0.05) is 6.07 Å². The van der Waals surface area contributed by atoms with E-state index in [1.165, 1.54) is 16.9 Å². The van der Waals surface area contributed by atoms with Crippen LogP contribution in [-0.2, 0) is 7.05 Å². The minimum absolute atomic E-state index is 0.0878. The minimum atomic E-state index is -0.888. The van der Waals surface area contributed by atoms with E-state index in [4.69, 9.17) is 0 Å². The maximum Gasteiger partial charge on any atom is 0.305 e. The zero-order valence-corrected chi connectivity index (χ0v) is 9.22. The second-order valence-electron chi connectivity index (χ2n) is 3.52. The Morgan fingerprint density at radius 1 is 1.41 bits per heavy atom. The SMILES string of the molecule is Cc1nn(C)nc1-c1cccc([N+](=O)[O-])c1F. The monoisotopic (exact) mass is 236 g/mol. The summed E-state index contributed by atoms with van der Waals surface area (Å²) in [5.41, 5.74) is 0.359. The van der Waals surface area contributed by atoms with E-state index < -0.39 is 16.4 Å². The van der Waals surface area contributed by atoms with Gasteiger partial charge in [-0.2, -0.15) is 19.4 Å². The molecule has 2 aromatic rings. The van der Waals surface area contributed by atoms with Crippen molar-refractivity contribution in [1.82, 2.24) is 15.0 Å². The molecule has 0 N–H and O–H groups in total. The highest BCUT2D eigenvalue weighted by molar-refractivity contribution is 5.65. The lowest BCUT2D eigenvalue weighted by Crippen LogP contribution is -1.96. The predicted molar refractivity (Wildman–Crippen MR) is 57.8 cm³/mol. The quantitative estimate of drug-likeness (QED) is 0.589. The minimum Gasteiger partial charge on any atom is -0.258 e. The number of nitrogens with zero attached hydrogens (tertiary/aromatic N) is 4. The van der Waals surface area contributed by atoms with E-state index in [-0.39, 0.29) is 5.56 Å². The molecule has 6 nitrogen and oxygen atoms in total. The summed E-state index contributed by atoms with van der Waals surface area (Å²) in [6, 6.07) is 3.98. The number of aryl methyl sites for hydroxylation is 2. The van der Waals surface area contributed by atoms with Crippen LogP contribution in [0.1, 0.15) is 5.69 Å². The van der Waals surface area contributed by atoms with Crippen molar-refractivity contribution in [2.24, 2.45) is 7.05 Å². The summed E-state index contributed by atoms with van der Waals surface area (Å²) in [5, 5.41) is 18.6. The summed E-state index contributed by atoms with van der Waals surface area (Å²) in [5.74, 6) is -0.888. The fraction of sp³-hybridized carbons (Fsp3) is 0.200. The first-order valence-electron chi connectivity index (χ1n) is 4.82. The smallest absolute Gasteiger partial charge is 0.258 e. The molecule has 0 spiro atoms. The number of benzene rings is 1. The molecule has 0 unspecified atom stereocenters. The first kappa shape index (κ1) is 11.2. The van der Waals surface area contributed by atoms with Crippen LogP contribution in [-0.4, -0.2) is 19.9 Å². The maximum absolute atomic E-state index is 13.9. The number of aromatic nitrogens is 3. The van der Waals surface area contributed by atoms with Crippen molar-refractivity contribution in [2.75, 3.05) is 0 Å². The van der Waals surface area contributed by atoms with Crippen molar-refractivity contribution in [2.45, 2.75) is 6.92 Å². The maximum atomic E-state index is 13.9. The molecule has 0 saturated carbocycles. The Bertz CT molecular complexity index is 594. The molecule has 88 valence electrons. The van der Waals surface area contributed by atoms with Crippen LogP contribution in [0.25, 0.3) is 11.3 Å². The van der Waals surface area contributed by atoms with Crippen molar-refractivity contribution >= 4 is 5.69 Å². The van der Waals surface area contributed by atoms with Crippen LogP contribution in [0.15, 0.2) is 18.2 Å². The van der Waals surface area contributed by atoms with Crippen LogP contribution in [0, 0.1) is 22.9 Å². The van der Waals surface area contributed by atoms with Crippen molar-refractivity contribution in [1.29, 1.82) is 0 Å². The molecule has 0 aliphatic carbocycles. The summed E-state index contributed by atoms with van der Waals surface area (Å²) in [6.45, 7) is 1.67. The predicted octanol–water partition coefficient (Wildman–Crippen LogP) is 1.84. The van der Waals surface area contributed by atoms with Gasteiger partial charge in [0.1, 0.15) is 5.69 Å². The van der Waals surface area contributed by atoms with Gasteiger partial charge in [0, 0.05) is 18.7 Å². The highest BCUT2D eigenvalue weighted by Crippen LogP contribution is 2.28. The van der Waals surface area contributed by atoms with Crippen LogP contribution in [0.4, 0.5) is 10.1 Å². The van der Waals surface area contributed by atoms with Gasteiger partial charge in [-0.25, -0.2) is 0 Å². The zero-order chi connectivity index (χ0) is 12.6. The van der Waals surface area contributed by atoms with Gasteiger partial charge in [-0.05, 0) is 13.0 Å².